The molecule has 1 aliphatic carbocycles. The van der Waals surface area contributed by atoms with Crippen molar-refractivity contribution in [2.45, 2.75) is 76.0 Å². The first-order valence-electron chi connectivity index (χ1n) is 8.08. The monoisotopic (exact) mass is 328 g/mol. The predicted octanol–water partition coefficient (Wildman–Crippen LogP) is 1.38. The van der Waals surface area contributed by atoms with E-state index in [0.29, 0.717) is 25.8 Å². The maximum atomic E-state index is 14.1. The average Bonchev–Trinajstić information content (AvgIpc) is 2.87. The van der Waals surface area contributed by atoms with Crippen molar-refractivity contribution < 1.29 is 18.7 Å². The molecule has 1 saturated carbocycles. The summed E-state index contributed by atoms with van der Waals surface area (Å²) in [7, 11) is 0. The van der Waals surface area contributed by atoms with Crippen molar-refractivity contribution in [1.82, 2.24) is 20.1 Å². The Morgan fingerprint density at radius 1 is 1.48 bits per heavy atom. The van der Waals surface area contributed by atoms with E-state index < -0.39 is 23.5 Å². The zero-order valence-corrected chi connectivity index (χ0v) is 13.4. The minimum atomic E-state index is -3.75. The Labute approximate surface area is 133 Å². The van der Waals surface area contributed by atoms with Crippen LogP contribution in [0.2, 0.25) is 0 Å². The number of carbonyl (C=O) groups excluding carboxylic acids is 1. The van der Waals surface area contributed by atoms with Crippen LogP contribution in [0.5, 0.6) is 0 Å². The number of alkyl halides is 2. The summed E-state index contributed by atoms with van der Waals surface area (Å²) in [5, 5.41) is 16.6. The Kier molecular flexibility index (Phi) is 3.90. The largest absolute Gasteiger partial charge is 0.383 e. The van der Waals surface area contributed by atoms with Crippen LogP contribution in [-0.2, 0) is 17.8 Å². The van der Waals surface area contributed by atoms with Crippen LogP contribution in [0.15, 0.2) is 0 Å². The van der Waals surface area contributed by atoms with Crippen molar-refractivity contribution in [3.8, 4) is 0 Å². The third-order valence-electron chi connectivity index (χ3n) is 4.78. The molecule has 0 saturated heterocycles. The molecule has 8 heteroatoms. The Bertz CT molecular complexity index is 611. The molecule has 6 nitrogen and oxygen atoms in total. The molecule has 128 valence electrons. The summed E-state index contributed by atoms with van der Waals surface area (Å²) in [6, 6.07) is -0.425. The van der Waals surface area contributed by atoms with Crippen LogP contribution >= 0.6 is 0 Å². The van der Waals surface area contributed by atoms with Gasteiger partial charge < -0.3 is 10.4 Å². The zero-order valence-electron chi connectivity index (χ0n) is 13.4. The van der Waals surface area contributed by atoms with Gasteiger partial charge in [-0.1, -0.05) is 13.8 Å². The Hall–Kier alpha value is -1.57. The number of hydrogen-bond acceptors (Lipinski definition) is 4. The van der Waals surface area contributed by atoms with Gasteiger partial charge in [-0.05, 0) is 25.7 Å². The van der Waals surface area contributed by atoms with Gasteiger partial charge in [0.05, 0.1) is 6.54 Å². The first-order valence-corrected chi connectivity index (χ1v) is 8.08. The lowest BCUT2D eigenvalue weighted by Gasteiger charge is -2.42. The third kappa shape index (κ3) is 2.73. The molecular weight excluding hydrogens is 306 g/mol. The highest BCUT2D eigenvalue weighted by Crippen LogP contribution is 2.44. The fraction of sp³-hybridized carbons (Fsp3) is 0.800. The van der Waals surface area contributed by atoms with Crippen molar-refractivity contribution in [1.29, 1.82) is 0 Å². The van der Waals surface area contributed by atoms with Crippen LogP contribution in [0.1, 0.15) is 57.1 Å². The molecule has 0 spiro atoms. The summed E-state index contributed by atoms with van der Waals surface area (Å²) in [6.45, 7) is 4.30. The van der Waals surface area contributed by atoms with Gasteiger partial charge in [-0.15, -0.1) is 0 Å². The molecule has 1 aromatic heterocycles. The minimum Gasteiger partial charge on any atom is -0.383 e. The minimum absolute atomic E-state index is 0.0386. The lowest BCUT2D eigenvalue weighted by atomic mass is 9.75. The number of amides is 1. The molecule has 0 unspecified atom stereocenters. The van der Waals surface area contributed by atoms with Gasteiger partial charge in [0, 0.05) is 18.4 Å². The van der Waals surface area contributed by atoms with E-state index in [-0.39, 0.29) is 18.8 Å². The summed E-state index contributed by atoms with van der Waals surface area (Å²) in [5.74, 6) is -3.41. The number of halogens is 2. The van der Waals surface area contributed by atoms with E-state index in [9.17, 15) is 18.7 Å². The van der Waals surface area contributed by atoms with E-state index in [4.69, 9.17) is 0 Å². The second-order valence-electron chi connectivity index (χ2n) is 6.89. The zero-order chi connectivity index (χ0) is 16.8. The second-order valence-corrected chi connectivity index (χ2v) is 6.89. The topological polar surface area (TPSA) is 80.0 Å². The number of fused-ring (bicyclic) bond motifs is 1. The molecule has 1 atom stereocenters. The number of nitrogens with one attached hydrogen (secondary N) is 1. The lowest BCUT2D eigenvalue weighted by molar-refractivity contribution is -0.216. The summed E-state index contributed by atoms with van der Waals surface area (Å²) in [5.41, 5.74) is -2.19. The van der Waals surface area contributed by atoms with Gasteiger partial charge in [0.25, 0.3) is 5.91 Å². The van der Waals surface area contributed by atoms with Gasteiger partial charge in [-0.25, -0.2) is 9.67 Å². The normalized spacial score (nSPS) is 23.3. The van der Waals surface area contributed by atoms with E-state index in [1.807, 2.05) is 13.8 Å². The molecule has 1 amide bonds. The second kappa shape index (κ2) is 5.51. The number of aliphatic hydroxyl groups is 1. The molecule has 2 aliphatic rings. The molecule has 1 aromatic rings. The van der Waals surface area contributed by atoms with Gasteiger partial charge in [-0.3, -0.25) is 4.79 Å². The molecule has 1 fully saturated rings. The predicted molar refractivity (Wildman–Crippen MR) is 78.1 cm³/mol. The standard InChI is InChI=1S/C15H22F2N4O2/c1-9(2)12-19-11-5-4-10(8-21(11)20-12)18-13(22)15(16,17)14(23)6-3-7-14/h9-10,23H,3-8H2,1-2H3,(H,18,22)/t10-/m1/s1. The van der Waals surface area contributed by atoms with Crippen LogP contribution in [-0.4, -0.2) is 43.3 Å². The number of nitrogens with zero attached hydrogens (tertiary/aromatic N) is 3. The number of aromatic nitrogens is 3. The van der Waals surface area contributed by atoms with Crippen molar-refractivity contribution >= 4 is 5.91 Å². The summed E-state index contributed by atoms with van der Waals surface area (Å²) in [4.78, 5) is 16.4. The van der Waals surface area contributed by atoms with Crippen molar-refractivity contribution in [3.05, 3.63) is 11.6 Å². The fourth-order valence-corrected chi connectivity index (χ4v) is 3.00. The van der Waals surface area contributed by atoms with E-state index in [1.165, 1.54) is 0 Å². The van der Waals surface area contributed by atoms with Crippen LogP contribution in [0, 0.1) is 0 Å². The van der Waals surface area contributed by atoms with Gasteiger partial charge >= 0.3 is 5.92 Å². The average molecular weight is 328 g/mol. The fourth-order valence-electron chi connectivity index (χ4n) is 3.00. The lowest BCUT2D eigenvalue weighted by Crippen LogP contribution is -2.62. The first kappa shape index (κ1) is 16.3. The number of rotatable bonds is 4. The molecule has 3 rings (SSSR count). The maximum Gasteiger partial charge on any atom is 0.352 e. The van der Waals surface area contributed by atoms with E-state index in [1.54, 1.807) is 4.68 Å². The highest BCUT2D eigenvalue weighted by molar-refractivity contribution is 5.85. The summed E-state index contributed by atoms with van der Waals surface area (Å²) >= 11 is 0. The first-order chi connectivity index (χ1) is 10.7. The van der Waals surface area contributed by atoms with E-state index >= 15 is 0 Å². The quantitative estimate of drug-likeness (QED) is 0.875. The van der Waals surface area contributed by atoms with Gasteiger partial charge in [-0.2, -0.15) is 13.9 Å². The molecule has 2 heterocycles. The molecule has 23 heavy (non-hydrogen) atoms. The maximum absolute atomic E-state index is 14.1. The Balaban J connectivity index is 1.66. The summed E-state index contributed by atoms with van der Waals surface area (Å²) < 4.78 is 29.9. The molecule has 0 radical (unpaired) electrons. The highest BCUT2D eigenvalue weighted by atomic mass is 19.3. The Morgan fingerprint density at radius 3 is 2.74 bits per heavy atom. The molecule has 0 aromatic carbocycles. The van der Waals surface area contributed by atoms with Crippen molar-refractivity contribution in [2.75, 3.05) is 0 Å². The van der Waals surface area contributed by atoms with Crippen molar-refractivity contribution in [3.63, 3.8) is 0 Å². The summed E-state index contributed by atoms with van der Waals surface area (Å²) in [6.07, 6.45) is 1.56. The number of carbonyl (C=O) groups is 1. The number of aryl methyl sites for hydroxylation is 1. The number of hydrogen-bond donors (Lipinski definition) is 2. The van der Waals surface area contributed by atoms with Crippen LogP contribution in [0.3, 0.4) is 0 Å². The van der Waals surface area contributed by atoms with Crippen LogP contribution in [0.4, 0.5) is 8.78 Å². The smallest absolute Gasteiger partial charge is 0.352 e. The molecular formula is C15H22F2N4O2. The third-order valence-corrected chi connectivity index (χ3v) is 4.78. The van der Waals surface area contributed by atoms with E-state index in [0.717, 1.165) is 11.6 Å². The van der Waals surface area contributed by atoms with Crippen LogP contribution < -0.4 is 5.32 Å². The van der Waals surface area contributed by atoms with E-state index in [2.05, 4.69) is 15.4 Å². The van der Waals surface area contributed by atoms with Gasteiger partial charge in [0.15, 0.2) is 5.82 Å². The van der Waals surface area contributed by atoms with Gasteiger partial charge in [0.2, 0.25) is 0 Å². The highest BCUT2D eigenvalue weighted by Gasteiger charge is 2.61. The molecule has 1 aliphatic heterocycles. The molecule has 2 N–H and O–H groups in total. The molecule has 0 bridgehead atoms. The van der Waals surface area contributed by atoms with Crippen molar-refractivity contribution in [2.24, 2.45) is 0 Å². The van der Waals surface area contributed by atoms with Gasteiger partial charge in [0.1, 0.15) is 11.4 Å². The Morgan fingerprint density at radius 2 is 2.17 bits per heavy atom. The van der Waals surface area contributed by atoms with Crippen LogP contribution in [0.25, 0.3) is 0 Å². The SMILES string of the molecule is CC(C)c1nc2n(n1)C[C@H](NC(=O)C(F)(F)C1(O)CCC1)CC2.